The highest BCUT2D eigenvalue weighted by Gasteiger charge is 2.19. The first kappa shape index (κ1) is 12.8. The van der Waals surface area contributed by atoms with Gasteiger partial charge in [0, 0.05) is 24.8 Å². The SMILES string of the molecule is CSCCC(C(=O)Nc1ncc[nH]1)n1cccc1. The van der Waals surface area contributed by atoms with E-state index in [4.69, 9.17) is 0 Å². The molecule has 2 rings (SSSR count). The van der Waals surface area contributed by atoms with Gasteiger partial charge in [-0.1, -0.05) is 0 Å². The Morgan fingerprint density at radius 2 is 2.33 bits per heavy atom. The number of rotatable bonds is 6. The van der Waals surface area contributed by atoms with Crippen molar-refractivity contribution < 1.29 is 4.79 Å². The van der Waals surface area contributed by atoms with Gasteiger partial charge in [0.25, 0.3) is 0 Å². The molecule has 2 aromatic heterocycles. The number of imidazole rings is 1. The highest BCUT2D eigenvalue weighted by atomic mass is 32.2. The summed E-state index contributed by atoms with van der Waals surface area (Å²) in [6, 6.07) is 3.65. The van der Waals surface area contributed by atoms with Gasteiger partial charge in [0.15, 0.2) is 0 Å². The second-order valence-corrected chi connectivity index (χ2v) is 4.84. The van der Waals surface area contributed by atoms with Crippen molar-refractivity contribution in [3.05, 3.63) is 36.9 Å². The van der Waals surface area contributed by atoms with Gasteiger partial charge in [-0.15, -0.1) is 0 Å². The molecule has 6 heteroatoms. The van der Waals surface area contributed by atoms with Crippen molar-refractivity contribution in [2.24, 2.45) is 0 Å². The Labute approximate surface area is 110 Å². The van der Waals surface area contributed by atoms with Crippen molar-refractivity contribution in [3.8, 4) is 0 Å². The molecule has 1 atom stereocenters. The minimum absolute atomic E-state index is 0.0461. The van der Waals surface area contributed by atoms with Gasteiger partial charge in [-0.25, -0.2) is 4.98 Å². The Balaban J connectivity index is 2.06. The van der Waals surface area contributed by atoms with Crippen molar-refractivity contribution >= 4 is 23.6 Å². The standard InChI is InChI=1S/C12H16N4OS/c1-18-9-4-10(16-7-2-3-8-16)11(17)15-12-13-5-6-14-12/h2-3,5-8,10H,4,9H2,1H3,(H2,13,14,15,17). The molecule has 18 heavy (non-hydrogen) atoms. The zero-order valence-electron chi connectivity index (χ0n) is 10.2. The molecule has 0 aliphatic heterocycles. The van der Waals surface area contributed by atoms with E-state index in [1.54, 1.807) is 24.2 Å². The zero-order chi connectivity index (χ0) is 12.8. The van der Waals surface area contributed by atoms with Crippen molar-refractivity contribution in [2.45, 2.75) is 12.5 Å². The Morgan fingerprint density at radius 3 is 2.94 bits per heavy atom. The molecule has 2 heterocycles. The first-order valence-electron chi connectivity index (χ1n) is 5.73. The summed E-state index contributed by atoms with van der Waals surface area (Å²) in [4.78, 5) is 19.1. The van der Waals surface area contributed by atoms with E-state index < -0.39 is 0 Å². The van der Waals surface area contributed by atoms with E-state index in [9.17, 15) is 4.79 Å². The van der Waals surface area contributed by atoms with Crippen LogP contribution in [0.5, 0.6) is 0 Å². The van der Waals surface area contributed by atoms with Gasteiger partial charge < -0.3 is 9.55 Å². The molecule has 0 spiro atoms. The third kappa shape index (κ3) is 3.16. The van der Waals surface area contributed by atoms with E-state index >= 15 is 0 Å². The number of nitrogens with one attached hydrogen (secondary N) is 2. The maximum atomic E-state index is 12.2. The largest absolute Gasteiger partial charge is 0.342 e. The number of hydrogen-bond donors (Lipinski definition) is 2. The quantitative estimate of drug-likeness (QED) is 0.840. The fraction of sp³-hybridized carbons (Fsp3) is 0.333. The predicted molar refractivity (Wildman–Crippen MR) is 73.7 cm³/mol. The van der Waals surface area contributed by atoms with Gasteiger partial charge in [-0.3, -0.25) is 10.1 Å². The first-order valence-corrected chi connectivity index (χ1v) is 7.12. The number of carbonyl (C=O) groups is 1. The summed E-state index contributed by atoms with van der Waals surface area (Å²) in [7, 11) is 0. The Bertz CT molecular complexity index is 466. The number of anilines is 1. The lowest BCUT2D eigenvalue weighted by molar-refractivity contribution is -0.119. The molecule has 1 unspecified atom stereocenters. The van der Waals surface area contributed by atoms with Crippen LogP contribution in [0.4, 0.5) is 5.95 Å². The smallest absolute Gasteiger partial charge is 0.249 e. The molecule has 0 saturated heterocycles. The van der Waals surface area contributed by atoms with Crippen LogP contribution in [0.25, 0.3) is 0 Å². The topological polar surface area (TPSA) is 62.7 Å². The van der Waals surface area contributed by atoms with Crippen LogP contribution in [0.15, 0.2) is 36.9 Å². The molecular formula is C12H16N4OS. The van der Waals surface area contributed by atoms with E-state index in [1.807, 2.05) is 35.3 Å². The fourth-order valence-electron chi connectivity index (χ4n) is 1.73. The van der Waals surface area contributed by atoms with Crippen LogP contribution >= 0.6 is 11.8 Å². The summed E-state index contributed by atoms with van der Waals surface area (Å²) >= 11 is 1.74. The summed E-state index contributed by atoms with van der Waals surface area (Å²) in [5.41, 5.74) is 0. The monoisotopic (exact) mass is 264 g/mol. The van der Waals surface area contributed by atoms with E-state index in [0.29, 0.717) is 5.95 Å². The molecule has 0 saturated carbocycles. The molecular weight excluding hydrogens is 248 g/mol. The molecule has 0 aliphatic rings. The van der Waals surface area contributed by atoms with Crippen LogP contribution in [0.1, 0.15) is 12.5 Å². The zero-order valence-corrected chi connectivity index (χ0v) is 11.0. The van der Waals surface area contributed by atoms with Crippen LogP contribution in [0.2, 0.25) is 0 Å². The number of carbonyl (C=O) groups excluding carboxylic acids is 1. The average Bonchev–Trinajstić information content (AvgIpc) is 3.02. The Kier molecular flexibility index (Phi) is 4.46. The molecule has 0 bridgehead atoms. The van der Waals surface area contributed by atoms with Crippen LogP contribution < -0.4 is 5.32 Å². The molecule has 5 nitrogen and oxygen atoms in total. The van der Waals surface area contributed by atoms with Crippen molar-refractivity contribution in [3.63, 3.8) is 0 Å². The van der Waals surface area contributed by atoms with E-state index in [-0.39, 0.29) is 11.9 Å². The molecule has 0 fully saturated rings. The lowest BCUT2D eigenvalue weighted by Gasteiger charge is -2.17. The molecule has 1 amide bonds. The third-order valence-corrected chi connectivity index (χ3v) is 3.27. The summed E-state index contributed by atoms with van der Waals surface area (Å²) in [6.45, 7) is 0. The van der Waals surface area contributed by atoms with E-state index in [1.165, 1.54) is 0 Å². The van der Waals surface area contributed by atoms with Crippen molar-refractivity contribution in [1.29, 1.82) is 0 Å². The summed E-state index contributed by atoms with van der Waals surface area (Å²) < 4.78 is 1.93. The highest BCUT2D eigenvalue weighted by Crippen LogP contribution is 2.16. The second-order valence-electron chi connectivity index (χ2n) is 3.85. The summed E-state index contributed by atoms with van der Waals surface area (Å²) in [5.74, 6) is 1.38. The molecule has 2 aromatic rings. The molecule has 96 valence electrons. The minimum atomic E-state index is -0.197. The van der Waals surface area contributed by atoms with Crippen LogP contribution in [-0.4, -0.2) is 32.5 Å². The van der Waals surface area contributed by atoms with Gasteiger partial charge in [0.2, 0.25) is 11.9 Å². The van der Waals surface area contributed by atoms with Gasteiger partial charge >= 0.3 is 0 Å². The second kappa shape index (κ2) is 6.30. The predicted octanol–water partition coefficient (Wildman–Crippen LogP) is 2.14. The van der Waals surface area contributed by atoms with Gasteiger partial charge in [0.05, 0.1) is 0 Å². The van der Waals surface area contributed by atoms with E-state index in [2.05, 4.69) is 15.3 Å². The number of aromatic amines is 1. The number of thioether (sulfide) groups is 1. The van der Waals surface area contributed by atoms with Crippen molar-refractivity contribution in [2.75, 3.05) is 17.3 Å². The number of aromatic nitrogens is 3. The Hall–Kier alpha value is -1.69. The third-order valence-electron chi connectivity index (χ3n) is 2.63. The lowest BCUT2D eigenvalue weighted by Crippen LogP contribution is -2.26. The molecule has 0 radical (unpaired) electrons. The average molecular weight is 264 g/mol. The Morgan fingerprint density at radius 1 is 1.56 bits per heavy atom. The maximum absolute atomic E-state index is 12.2. The number of hydrogen-bond acceptors (Lipinski definition) is 3. The first-order chi connectivity index (χ1) is 8.81. The van der Waals surface area contributed by atoms with E-state index in [0.717, 1.165) is 12.2 Å². The fourth-order valence-corrected chi connectivity index (χ4v) is 2.19. The number of H-pyrrole nitrogens is 1. The molecule has 0 aliphatic carbocycles. The minimum Gasteiger partial charge on any atom is -0.342 e. The lowest BCUT2D eigenvalue weighted by atomic mass is 10.2. The number of amides is 1. The molecule has 2 N–H and O–H groups in total. The highest BCUT2D eigenvalue weighted by molar-refractivity contribution is 7.98. The maximum Gasteiger partial charge on any atom is 0.249 e. The van der Waals surface area contributed by atoms with Crippen LogP contribution in [0.3, 0.4) is 0 Å². The number of nitrogens with zero attached hydrogens (tertiary/aromatic N) is 2. The van der Waals surface area contributed by atoms with Gasteiger partial charge in [-0.2, -0.15) is 11.8 Å². The van der Waals surface area contributed by atoms with Crippen LogP contribution in [0, 0.1) is 0 Å². The van der Waals surface area contributed by atoms with Crippen molar-refractivity contribution in [1.82, 2.24) is 14.5 Å². The molecule has 0 aromatic carbocycles. The summed E-state index contributed by atoms with van der Waals surface area (Å²) in [6.07, 6.45) is 9.95. The van der Waals surface area contributed by atoms with Gasteiger partial charge in [-0.05, 0) is 30.6 Å². The van der Waals surface area contributed by atoms with Gasteiger partial charge in [0.1, 0.15) is 6.04 Å². The normalized spacial score (nSPS) is 12.3. The summed E-state index contributed by atoms with van der Waals surface area (Å²) in [5, 5.41) is 2.78. The van der Waals surface area contributed by atoms with Crippen LogP contribution in [-0.2, 0) is 4.79 Å².